The van der Waals surface area contributed by atoms with Crippen LogP contribution in [0.4, 0.5) is 0 Å². The van der Waals surface area contributed by atoms with Gasteiger partial charge in [0.05, 0.1) is 29.4 Å². The second-order valence-corrected chi connectivity index (χ2v) is 12.8. The molecule has 0 spiro atoms. The highest BCUT2D eigenvalue weighted by Gasteiger charge is 2.34. The molecule has 1 aliphatic rings. The number of benzene rings is 2. The van der Waals surface area contributed by atoms with Crippen LogP contribution in [0.2, 0.25) is 0 Å². The molecule has 0 aliphatic carbocycles. The first-order chi connectivity index (χ1) is 19.5. The summed E-state index contributed by atoms with van der Waals surface area (Å²) in [5.74, 6) is 0.729. The van der Waals surface area contributed by atoms with E-state index in [0.717, 1.165) is 28.0 Å². The molecular weight excluding hydrogens is 538 g/mol. The molecule has 0 fully saturated rings. The van der Waals surface area contributed by atoms with Gasteiger partial charge in [0, 0.05) is 30.8 Å². The van der Waals surface area contributed by atoms with Crippen molar-refractivity contribution >= 4 is 22.5 Å². The fourth-order valence-corrected chi connectivity index (χ4v) is 5.87. The third-order valence-electron chi connectivity index (χ3n) is 7.15. The van der Waals surface area contributed by atoms with Crippen LogP contribution in [-0.2, 0) is 34.8 Å². The number of tetrazole rings is 1. The summed E-state index contributed by atoms with van der Waals surface area (Å²) in [7, 11) is -1.52. The first kappa shape index (κ1) is 30.0. The summed E-state index contributed by atoms with van der Waals surface area (Å²) in [6, 6.07) is 14.8. The maximum Gasteiger partial charge on any atom is 0.247 e. The molecule has 1 atom stereocenters. The summed E-state index contributed by atoms with van der Waals surface area (Å²) >= 11 is 0. The Morgan fingerprint density at radius 3 is 2.37 bits per heavy atom. The van der Waals surface area contributed by atoms with Gasteiger partial charge >= 0.3 is 0 Å². The van der Waals surface area contributed by atoms with Crippen molar-refractivity contribution in [1.82, 2.24) is 30.4 Å². The summed E-state index contributed by atoms with van der Waals surface area (Å²) in [6.07, 6.45) is 1.90. The van der Waals surface area contributed by atoms with E-state index in [1.807, 2.05) is 18.2 Å². The van der Waals surface area contributed by atoms with Crippen LogP contribution in [0.25, 0.3) is 11.4 Å². The van der Waals surface area contributed by atoms with Crippen molar-refractivity contribution in [1.29, 1.82) is 0 Å². The van der Waals surface area contributed by atoms with Gasteiger partial charge in [-0.25, -0.2) is 8.42 Å². The largest absolute Gasteiger partial charge is 0.348 e. The highest BCUT2D eigenvalue weighted by atomic mass is 32.2. The SMILES string of the molecule is C=NC1=C(/C=C(\C)C(=O)NCc2ccc(S(=O)(=O)CC)cc2)CN(Cc2ccc(-c3nnn(C)n3)cc2)[C@H]1C(C)C. The molecule has 11 heteroatoms. The van der Waals surface area contributed by atoms with Crippen molar-refractivity contribution in [3.05, 3.63) is 82.6 Å². The number of hydrogen-bond acceptors (Lipinski definition) is 8. The van der Waals surface area contributed by atoms with Crippen LogP contribution in [0, 0.1) is 5.92 Å². The van der Waals surface area contributed by atoms with E-state index in [-0.39, 0.29) is 28.5 Å². The normalized spacial score (nSPS) is 16.4. The third kappa shape index (κ3) is 7.04. The Bertz CT molecular complexity index is 1570. The Morgan fingerprint density at radius 1 is 1.15 bits per heavy atom. The zero-order valence-electron chi connectivity index (χ0n) is 24.2. The van der Waals surface area contributed by atoms with Gasteiger partial charge in [-0.15, -0.1) is 10.2 Å². The molecule has 4 rings (SSSR count). The van der Waals surface area contributed by atoms with Crippen molar-refractivity contribution in [3.63, 3.8) is 0 Å². The molecule has 10 nitrogen and oxygen atoms in total. The smallest absolute Gasteiger partial charge is 0.247 e. The molecule has 0 unspecified atom stereocenters. The van der Waals surface area contributed by atoms with Gasteiger partial charge in [-0.2, -0.15) is 4.80 Å². The molecule has 0 saturated heterocycles. The zero-order valence-corrected chi connectivity index (χ0v) is 25.0. The molecule has 3 aromatic rings. The van der Waals surface area contributed by atoms with E-state index in [0.29, 0.717) is 31.0 Å². The fourth-order valence-electron chi connectivity index (χ4n) is 4.99. The van der Waals surface area contributed by atoms with Gasteiger partial charge < -0.3 is 5.32 Å². The van der Waals surface area contributed by atoms with E-state index in [4.69, 9.17) is 0 Å². The van der Waals surface area contributed by atoms with Gasteiger partial charge in [-0.1, -0.05) is 57.2 Å². The predicted octanol–water partition coefficient (Wildman–Crippen LogP) is 3.73. The minimum absolute atomic E-state index is 0.0491. The number of aromatic nitrogens is 4. The van der Waals surface area contributed by atoms with Gasteiger partial charge in [-0.05, 0) is 59.7 Å². The molecule has 1 amide bonds. The predicted molar refractivity (Wildman–Crippen MR) is 160 cm³/mol. The van der Waals surface area contributed by atoms with Crippen LogP contribution in [-0.4, -0.2) is 64.5 Å². The molecule has 1 aromatic heterocycles. The lowest BCUT2D eigenvalue weighted by atomic mass is 9.99. The number of amides is 1. The second kappa shape index (κ2) is 12.7. The molecule has 1 N–H and O–H groups in total. The molecule has 0 saturated carbocycles. The van der Waals surface area contributed by atoms with Crippen LogP contribution >= 0.6 is 0 Å². The monoisotopic (exact) mass is 575 g/mol. The number of hydrogen-bond donors (Lipinski definition) is 1. The summed E-state index contributed by atoms with van der Waals surface area (Å²) in [4.78, 5) is 21.4. The van der Waals surface area contributed by atoms with Crippen molar-refractivity contribution < 1.29 is 13.2 Å². The van der Waals surface area contributed by atoms with Crippen LogP contribution in [0.5, 0.6) is 0 Å². The van der Waals surface area contributed by atoms with E-state index in [9.17, 15) is 13.2 Å². The maximum absolute atomic E-state index is 12.9. The quantitative estimate of drug-likeness (QED) is 0.273. The molecule has 1 aliphatic heterocycles. The number of rotatable bonds is 11. The molecule has 41 heavy (non-hydrogen) atoms. The molecule has 2 aromatic carbocycles. The zero-order chi connectivity index (χ0) is 29.7. The standard InChI is InChI=1S/C30H37N7O3S/c1-7-41(39,40)26-14-10-22(11-15-26)17-32-30(38)21(4)16-25-19-37(28(20(2)3)27(25)31-5)18-23-8-12-24(13-9-23)29-33-35-36(6)34-29/h8-16,20,28H,5,7,17-19H2,1-4,6H3,(H,32,38)/b21-16+/t28-/m0/s1. The number of carbonyl (C=O) groups excluding carboxylic acids is 1. The maximum atomic E-state index is 12.9. The second-order valence-electron chi connectivity index (χ2n) is 10.5. The van der Waals surface area contributed by atoms with Crippen LogP contribution in [0.3, 0.4) is 0 Å². The van der Waals surface area contributed by atoms with Gasteiger partial charge in [0.2, 0.25) is 11.7 Å². The van der Waals surface area contributed by atoms with Crippen molar-refractivity contribution in [3.8, 4) is 11.4 Å². The minimum atomic E-state index is -3.26. The summed E-state index contributed by atoms with van der Waals surface area (Å²) in [6.45, 7) is 13.2. The fraction of sp³-hybridized carbons (Fsp3) is 0.367. The lowest BCUT2D eigenvalue weighted by Crippen LogP contribution is -2.35. The van der Waals surface area contributed by atoms with Crippen LogP contribution in [0.15, 0.2) is 81.3 Å². The first-order valence-corrected chi connectivity index (χ1v) is 15.2. The Morgan fingerprint density at radius 2 is 1.80 bits per heavy atom. The number of aryl methyl sites for hydroxylation is 1. The summed E-state index contributed by atoms with van der Waals surface area (Å²) < 4.78 is 24.1. The highest BCUT2D eigenvalue weighted by molar-refractivity contribution is 7.91. The number of carbonyl (C=O) groups is 1. The van der Waals surface area contributed by atoms with Gasteiger partial charge in [-0.3, -0.25) is 14.7 Å². The molecule has 2 heterocycles. The summed E-state index contributed by atoms with van der Waals surface area (Å²) in [5, 5.41) is 15.2. The molecule has 0 radical (unpaired) electrons. The van der Waals surface area contributed by atoms with E-state index in [1.165, 1.54) is 4.80 Å². The lowest BCUT2D eigenvalue weighted by molar-refractivity contribution is -0.117. The lowest BCUT2D eigenvalue weighted by Gasteiger charge is -2.28. The average Bonchev–Trinajstić information content (AvgIpc) is 3.55. The Hall–Kier alpha value is -3.96. The molecule has 0 bridgehead atoms. The van der Waals surface area contributed by atoms with Crippen LogP contribution in [0.1, 0.15) is 38.8 Å². The van der Waals surface area contributed by atoms with Gasteiger partial charge in [0.15, 0.2) is 9.84 Å². The van der Waals surface area contributed by atoms with Gasteiger partial charge in [0.1, 0.15) is 0 Å². The molecular formula is C30H37N7O3S. The third-order valence-corrected chi connectivity index (χ3v) is 8.90. The topological polar surface area (TPSA) is 122 Å². The van der Waals surface area contributed by atoms with E-state index < -0.39 is 9.84 Å². The highest BCUT2D eigenvalue weighted by Crippen LogP contribution is 2.33. The van der Waals surface area contributed by atoms with Crippen molar-refractivity contribution in [2.75, 3.05) is 12.3 Å². The minimum Gasteiger partial charge on any atom is -0.348 e. The van der Waals surface area contributed by atoms with Gasteiger partial charge in [0.25, 0.3) is 0 Å². The Labute approximate surface area is 241 Å². The molecule has 216 valence electrons. The van der Waals surface area contributed by atoms with E-state index in [1.54, 1.807) is 45.2 Å². The van der Waals surface area contributed by atoms with Crippen LogP contribution < -0.4 is 5.32 Å². The first-order valence-electron chi connectivity index (χ1n) is 13.6. The average molecular weight is 576 g/mol. The van der Waals surface area contributed by atoms with Crippen molar-refractivity contribution in [2.24, 2.45) is 18.0 Å². The Kier molecular flexibility index (Phi) is 9.29. The van der Waals surface area contributed by atoms with E-state index in [2.05, 4.69) is 63.3 Å². The Balaban J connectivity index is 1.44. The van der Waals surface area contributed by atoms with Crippen molar-refractivity contribution in [2.45, 2.75) is 51.7 Å². The summed E-state index contributed by atoms with van der Waals surface area (Å²) in [5.41, 5.74) is 5.30. The number of sulfone groups is 1. The number of nitrogens with one attached hydrogen (secondary N) is 1. The number of aliphatic imine (C=N–C) groups is 1. The number of nitrogens with zero attached hydrogens (tertiary/aromatic N) is 6. The van der Waals surface area contributed by atoms with E-state index >= 15 is 0 Å².